The Labute approximate surface area is 94.5 Å². The highest BCUT2D eigenvalue weighted by Gasteiger charge is 2.18. The third kappa shape index (κ3) is 1.30. The Bertz CT molecular complexity index is 566. The van der Waals surface area contributed by atoms with Crippen LogP contribution in [0.4, 0.5) is 0 Å². The number of nitrogens with zero attached hydrogens (tertiary/aromatic N) is 1. The number of carbonyl (C=O) groups excluding carboxylic acids is 1. The molecule has 0 atom stereocenters. The second kappa shape index (κ2) is 3.34. The van der Waals surface area contributed by atoms with E-state index in [-0.39, 0.29) is 5.91 Å². The van der Waals surface area contributed by atoms with Gasteiger partial charge in [0.25, 0.3) is 0 Å². The number of rotatable bonds is 0. The van der Waals surface area contributed by atoms with Crippen molar-refractivity contribution < 1.29 is 4.79 Å². The van der Waals surface area contributed by atoms with E-state index < -0.39 is 0 Å². The van der Waals surface area contributed by atoms with Gasteiger partial charge in [0.05, 0.1) is 0 Å². The van der Waals surface area contributed by atoms with Crippen LogP contribution in [0.2, 0.25) is 0 Å². The van der Waals surface area contributed by atoms with Gasteiger partial charge >= 0.3 is 0 Å². The smallest absolute Gasteiger partial charge is 0.227 e. The van der Waals surface area contributed by atoms with Gasteiger partial charge in [-0.2, -0.15) is 0 Å². The van der Waals surface area contributed by atoms with Crippen molar-refractivity contribution in [1.29, 1.82) is 0 Å². The van der Waals surface area contributed by atoms with E-state index in [1.54, 1.807) is 11.5 Å². The Morgan fingerprint density at radius 3 is 2.62 bits per heavy atom. The number of benzene rings is 1. The predicted octanol–water partition coefficient (Wildman–Crippen LogP) is 2.91. The van der Waals surface area contributed by atoms with Gasteiger partial charge in [-0.25, -0.2) is 0 Å². The average molecular weight is 211 g/mol. The van der Waals surface area contributed by atoms with E-state index in [9.17, 15) is 4.79 Å². The summed E-state index contributed by atoms with van der Waals surface area (Å²) >= 11 is 0. The molecule has 0 saturated heterocycles. The molecule has 1 aromatic carbocycles. The van der Waals surface area contributed by atoms with Gasteiger partial charge in [0.15, 0.2) is 0 Å². The molecule has 80 valence electrons. The van der Waals surface area contributed by atoms with Crippen molar-refractivity contribution in [2.75, 3.05) is 0 Å². The molecule has 2 heteroatoms. The molecular formula is C14H13NO. The fourth-order valence-electron chi connectivity index (χ4n) is 2.39. The second-order valence-corrected chi connectivity index (χ2v) is 4.28. The quantitative estimate of drug-likeness (QED) is 0.656. The van der Waals surface area contributed by atoms with Crippen molar-refractivity contribution in [3.63, 3.8) is 0 Å². The lowest BCUT2D eigenvalue weighted by Gasteiger charge is -2.15. The fourth-order valence-corrected chi connectivity index (χ4v) is 2.39. The zero-order valence-corrected chi connectivity index (χ0v) is 9.23. The Balaban J connectivity index is 2.20. The number of carbonyl (C=O) groups is 1. The maximum Gasteiger partial charge on any atom is 0.227 e. The molecule has 2 nitrogen and oxygen atoms in total. The molecule has 0 bridgehead atoms. The molecule has 0 N–H and O–H groups in total. The maximum absolute atomic E-state index is 11.3. The van der Waals surface area contributed by atoms with Crippen LogP contribution in [-0.4, -0.2) is 10.5 Å². The first kappa shape index (κ1) is 9.40. The molecule has 0 aliphatic heterocycles. The molecule has 1 aromatic heterocycles. The Hall–Kier alpha value is -1.83. The number of aryl methyl sites for hydroxylation is 2. The van der Waals surface area contributed by atoms with Crippen molar-refractivity contribution in [3.8, 4) is 11.1 Å². The highest BCUT2D eigenvalue weighted by Crippen LogP contribution is 2.33. The van der Waals surface area contributed by atoms with Crippen LogP contribution in [0.3, 0.4) is 0 Å². The Kier molecular flexibility index (Phi) is 1.96. The van der Waals surface area contributed by atoms with Gasteiger partial charge in [-0.15, -0.1) is 0 Å². The van der Waals surface area contributed by atoms with Crippen LogP contribution >= 0.6 is 0 Å². The summed E-state index contributed by atoms with van der Waals surface area (Å²) in [5.74, 6) is 0.0758. The van der Waals surface area contributed by atoms with Gasteiger partial charge in [0.2, 0.25) is 5.91 Å². The first-order chi connectivity index (χ1) is 7.75. The lowest BCUT2D eigenvalue weighted by atomic mass is 9.89. The molecule has 0 fully saturated rings. The van der Waals surface area contributed by atoms with E-state index in [0.29, 0.717) is 0 Å². The van der Waals surface area contributed by atoms with E-state index in [2.05, 4.69) is 24.3 Å². The Morgan fingerprint density at radius 1 is 1.06 bits per heavy atom. The minimum Gasteiger partial charge on any atom is -0.294 e. The highest BCUT2D eigenvalue weighted by atomic mass is 16.1. The van der Waals surface area contributed by atoms with Crippen molar-refractivity contribution in [1.82, 2.24) is 4.57 Å². The first-order valence-electron chi connectivity index (χ1n) is 5.56. The molecule has 1 heterocycles. The third-order valence-corrected chi connectivity index (χ3v) is 3.24. The zero-order valence-electron chi connectivity index (χ0n) is 9.23. The van der Waals surface area contributed by atoms with Crippen molar-refractivity contribution >= 4 is 5.91 Å². The minimum atomic E-state index is 0.0758. The second-order valence-electron chi connectivity index (χ2n) is 4.28. The largest absolute Gasteiger partial charge is 0.294 e. The SMILES string of the molecule is CC(=O)n1cc2c(c1)-c1ccccc1CC2. The van der Waals surface area contributed by atoms with Crippen molar-refractivity contribution in [3.05, 3.63) is 47.8 Å². The van der Waals surface area contributed by atoms with Crippen LogP contribution in [0.1, 0.15) is 22.8 Å². The van der Waals surface area contributed by atoms with Crippen LogP contribution < -0.4 is 0 Å². The summed E-state index contributed by atoms with van der Waals surface area (Å²) < 4.78 is 1.69. The maximum atomic E-state index is 11.3. The van der Waals surface area contributed by atoms with E-state index >= 15 is 0 Å². The van der Waals surface area contributed by atoms with Crippen LogP contribution in [0.25, 0.3) is 11.1 Å². The summed E-state index contributed by atoms with van der Waals surface area (Å²) in [6, 6.07) is 8.44. The zero-order chi connectivity index (χ0) is 11.1. The first-order valence-corrected chi connectivity index (χ1v) is 5.56. The summed E-state index contributed by atoms with van der Waals surface area (Å²) in [5.41, 5.74) is 5.17. The third-order valence-electron chi connectivity index (χ3n) is 3.24. The normalized spacial score (nSPS) is 13.1. The summed E-state index contributed by atoms with van der Waals surface area (Å²) in [6.07, 6.45) is 6.03. The monoisotopic (exact) mass is 211 g/mol. The van der Waals surface area contributed by atoms with Crippen LogP contribution in [0, 0.1) is 0 Å². The van der Waals surface area contributed by atoms with Crippen molar-refractivity contribution in [2.45, 2.75) is 19.8 Å². The van der Waals surface area contributed by atoms with E-state index in [4.69, 9.17) is 0 Å². The lowest BCUT2D eigenvalue weighted by molar-refractivity contribution is 0.0937. The topological polar surface area (TPSA) is 22.0 Å². The number of aromatic nitrogens is 1. The van der Waals surface area contributed by atoms with Gasteiger partial charge in [0, 0.05) is 24.9 Å². The molecule has 0 unspecified atom stereocenters. The lowest BCUT2D eigenvalue weighted by Crippen LogP contribution is -2.01. The molecule has 0 radical (unpaired) electrons. The van der Waals surface area contributed by atoms with Gasteiger partial charge in [-0.05, 0) is 29.5 Å². The van der Waals surface area contributed by atoms with Crippen LogP contribution in [-0.2, 0) is 12.8 Å². The molecule has 1 aliphatic carbocycles. The van der Waals surface area contributed by atoms with Crippen LogP contribution in [0.5, 0.6) is 0 Å². The molecule has 1 aliphatic rings. The number of hydrogen-bond donors (Lipinski definition) is 0. The van der Waals surface area contributed by atoms with Gasteiger partial charge in [0.1, 0.15) is 0 Å². The number of hydrogen-bond acceptors (Lipinski definition) is 1. The summed E-state index contributed by atoms with van der Waals surface area (Å²) in [4.78, 5) is 11.3. The standard InChI is InChI=1S/C14H13NO/c1-10(16)15-8-12-7-6-11-4-2-3-5-13(11)14(12)9-15/h2-5,8-9H,6-7H2,1H3. The van der Waals surface area contributed by atoms with Gasteiger partial charge < -0.3 is 0 Å². The summed E-state index contributed by atoms with van der Waals surface area (Å²) in [5, 5.41) is 0. The molecule has 3 rings (SSSR count). The van der Waals surface area contributed by atoms with E-state index in [0.717, 1.165) is 12.8 Å². The van der Waals surface area contributed by atoms with E-state index in [1.807, 2.05) is 12.4 Å². The summed E-state index contributed by atoms with van der Waals surface area (Å²) in [6.45, 7) is 1.59. The Morgan fingerprint density at radius 2 is 1.81 bits per heavy atom. The molecule has 0 spiro atoms. The average Bonchev–Trinajstić information content (AvgIpc) is 2.73. The van der Waals surface area contributed by atoms with Gasteiger partial charge in [-0.1, -0.05) is 24.3 Å². The molecule has 2 aromatic rings. The summed E-state index contributed by atoms with van der Waals surface area (Å²) in [7, 11) is 0. The molecule has 0 amide bonds. The molecule has 16 heavy (non-hydrogen) atoms. The predicted molar refractivity (Wildman–Crippen MR) is 63.6 cm³/mol. The van der Waals surface area contributed by atoms with E-state index in [1.165, 1.54) is 22.3 Å². The fraction of sp³-hybridized carbons (Fsp3) is 0.214. The minimum absolute atomic E-state index is 0.0758. The van der Waals surface area contributed by atoms with Crippen molar-refractivity contribution in [2.24, 2.45) is 0 Å². The molecule has 0 saturated carbocycles. The number of fused-ring (bicyclic) bond motifs is 3. The van der Waals surface area contributed by atoms with Crippen LogP contribution in [0.15, 0.2) is 36.7 Å². The van der Waals surface area contributed by atoms with Gasteiger partial charge in [-0.3, -0.25) is 9.36 Å². The highest BCUT2D eigenvalue weighted by molar-refractivity contribution is 5.81. The molecular weight excluding hydrogens is 198 g/mol.